The molecule has 6 nitrogen and oxygen atoms in total. The second kappa shape index (κ2) is 8.73. The van der Waals surface area contributed by atoms with Crippen LogP contribution in [0.4, 0.5) is 0 Å². The van der Waals surface area contributed by atoms with Crippen molar-refractivity contribution in [1.29, 1.82) is 0 Å². The van der Waals surface area contributed by atoms with Crippen molar-refractivity contribution in [3.63, 3.8) is 0 Å². The molecule has 5 aromatic rings. The van der Waals surface area contributed by atoms with Crippen LogP contribution in [0.5, 0.6) is 23.0 Å². The standard InChI is InChI=1S/C31H29N2O4/c1-34-27-11-10-22-23(8-5-7-21-14-20-6-3-4-9-26(20)32-21)30-24-16-29-28(36-18-37-29)15-19(24)12-13-33(30)17-25(22)31(27)35-2/h3-4,6,9-11,14-17,32H,5,7-8,12-13,18H2,1-2H3/q+1. The zero-order valence-electron chi connectivity index (χ0n) is 21.1. The molecule has 0 saturated heterocycles. The number of hydrogen-bond donors (Lipinski definition) is 1. The fraction of sp³-hybridized carbons (Fsp3) is 0.258. The minimum absolute atomic E-state index is 0.282. The average molecular weight is 494 g/mol. The van der Waals surface area contributed by atoms with Gasteiger partial charge >= 0.3 is 0 Å². The minimum atomic E-state index is 0.282. The van der Waals surface area contributed by atoms with Gasteiger partial charge in [0.25, 0.3) is 0 Å². The highest BCUT2D eigenvalue weighted by atomic mass is 16.7. The Morgan fingerprint density at radius 3 is 2.62 bits per heavy atom. The van der Waals surface area contributed by atoms with E-state index in [-0.39, 0.29) is 6.79 Å². The lowest BCUT2D eigenvalue weighted by atomic mass is 9.89. The van der Waals surface area contributed by atoms with Crippen LogP contribution in [-0.2, 0) is 25.8 Å². The van der Waals surface area contributed by atoms with Gasteiger partial charge in [-0.3, -0.25) is 0 Å². The van der Waals surface area contributed by atoms with Crippen molar-refractivity contribution in [3.8, 4) is 34.3 Å². The summed E-state index contributed by atoms with van der Waals surface area (Å²) in [5, 5.41) is 3.54. The predicted octanol–water partition coefficient (Wildman–Crippen LogP) is 5.75. The van der Waals surface area contributed by atoms with Crippen molar-refractivity contribution in [2.24, 2.45) is 0 Å². The Bertz CT molecular complexity index is 1640. The summed E-state index contributed by atoms with van der Waals surface area (Å²) >= 11 is 0. The highest BCUT2D eigenvalue weighted by Crippen LogP contribution is 2.44. The summed E-state index contributed by atoms with van der Waals surface area (Å²) in [5.41, 5.74) is 7.59. The van der Waals surface area contributed by atoms with Gasteiger partial charge in [0.2, 0.25) is 12.5 Å². The van der Waals surface area contributed by atoms with Crippen molar-refractivity contribution < 1.29 is 23.5 Å². The van der Waals surface area contributed by atoms with Crippen molar-refractivity contribution in [1.82, 2.24) is 4.98 Å². The number of nitrogens with zero attached hydrogens (tertiary/aromatic N) is 1. The lowest BCUT2D eigenvalue weighted by Crippen LogP contribution is -2.41. The van der Waals surface area contributed by atoms with Gasteiger partial charge in [0.05, 0.1) is 25.2 Å². The van der Waals surface area contributed by atoms with Crippen molar-refractivity contribution in [3.05, 3.63) is 77.6 Å². The van der Waals surface area contributed by atoms with E-state index >= 15 is 0 Å². The first kappa shape index (κ1) is 22.0. The molecule has 0 aliphatic carbocycles. The normalized spacial score (nSPS) is 13.6. The molecule has 0 radical (unpaired) electrons. The van der Waals surface area contributed by atoms with Gasteiger partial charge in [-0.25, -0.2) is 0 Å². The number of aromatic amines is 1. The van der Waals surface area contributed by atoms with E-state index in [9.17, 15) is 0 Å². The van der Waals surface area contributed by atoms with Crippen LogP contribution in [0, 0.1) is 0 Å². The summed E-state index contributed by atoms with van der Waals surface area (Å²) in [4.78, 5) is 3.59. The quantitative estimate of drug-likeness (QED) is 0.306. The van der Waals surface area contributed by atoms with Crippen molar-refractivity contribution in [2.75, 3.05) is 21.0 Å². The lowest BCUT2D eigenvalue weighted by molar-refractivity contribution is -0.686. The Hall–Kier alpha value is -4.19. The number of hydrogen-bond acceptors (Lipinski definition) is 4. The molecule has 7 rings (SSSR count). The van der Waals surface area contributed by atoms with Gasteiger partial charge in [-0.05, 0) is 66.6 Å². The van der Waals surface area contributed by atoms with E-state index < -0.39 is 0 Å². The maximum atomic E-state index is 5.85. The largest absolute Gasteiger partial charge is 0.493 e. The first-order chi connectivity index (χ1) is 18.2. The van der Waals surface area contributed by atoms with E-state index in [1.54, 1.807) is 14.2 Å². The Kier molecular flexibility index (Phi) is 5.20. The number of pyridine rings is 1. The van der Waals surface area contributed by atoms with E-state index in [0.29, 0.717) is 0 Å². The maximum absolute atomic E-state index is 5.85. The van der Waals surface area contributed by atoms with Crippen LogP contribution in [0.2, 0.25) is 0 Å². The molecular weight excluding hydrogens is 464 g/mol. The summed E-state index contributed by atoms with van der Waals surface area (Å²) in [6, 6.07) is 19.2. The second-order valence-electron chi connectivity index (χ2n) is 9.76. The third-order valence-corrected chi connectivity index (χ3v) is 7.70. The molecule has 2 aliphatic heterocycles. The molecule has 3 aromatic carbocycles. The molecule has 6 heteroatoms. The molecule has 0 fully saturated rings. The molecule has 0 saturated carbocycles. The van der Waals surface area contributed by atoms with Gasteiger partial charge in [-0.2, -0.15) is 4.57 Å². The molecule has 0 amide bonds. The van der Waals surface area contributed by atoms with Crippen LogP contribution in [0.3, 0.4) is 0 Å². The van der Waals surface area contributed by atoms with Crippen molar-refractivity contribution >= 4 is 21.7 Å². The van der Waals surface area contributed by atoms with Crippen LogP contribution in [0.25, 0.3) is 32.9 Å². The molecule has 2 aliphatic rings. The Morgan fingerprint density at radius 2 is 1.78 bits per heavy atom. The van der Waals surface area contributed by atoms with E-state index in [0.717, 1.165) is 60.6 Å². The first-order valence-electron chi connectivity index (χ1n) is 12.8. The fourth-order valence-corrected chi connectivity index (χ4v) is 5.99. The SMILES string of the molecule is COc1ccc2c(CCCc3cc4ccccc4[nH]3)c3[n+](cc2c1OC)CCc1cc2c(cc1-3)OCO2. The van der Waals surface area contributed by atoms with Gasteiger partial charge in [-0.15, -0.1) is 0 Å². The summed E-state index contributed by atoms with van der Waals surface area (Å²) in [6.07, 6.45) is 6.10. The van der Waals surface area contributed by atoms with Crippen LogP contribution >= 0.6 is 0 Å². The summed E-state index contributed by atoms with van der Waals surface area (Å²) in [6.45, 7) is 1.18. The Balaban J connectivity index is 1.35. The number of rotatable bonds is 6. The third kappa shape index (κ3) is 3.58. The molecule has 0 unspecified atom stereocenters. The third-order valence-electron chi connectivity index (χ3n) is 7.70. The topological polar surface area (TPSA) is 56.6 Å². The molecule has 2 aromatic heterocycles. The zero-order chi connectivity index (χ0) is 24.9. The maximum Gasteiger partial charge on any atom is 0.231 e. The Labute approximate surface area is 215 Å². The molecule has 0 atom stereocenters. The van der Waals surface area contributed by atoms with Crippen LogP contribution in [0.1, 0.15) is 23.2 Å². The minimum Gasteiger partial charge on any atom is -0.493 e. The first-order valence-corrected chi connectivity index (χ1v) is 12.8. The van der Waals surface area contributed by atoms with Gasteiger partial charge in [0, 0.05) is 28.6 Å². The summed E-state index contributed by atoms with van der Waals surface area (Å²) in [5.74, 6) is 3.20. The number of methoxy groups -OCH3 is 2. The second-order valence-corrected chi connectivity index (χ2v) is 9.76. The number of aromatic nitrogens is 2. The monoisotopic (exact) mass is 493 g/mol. The van der Waals surface area contributed by atoms with Gasteiger partial charge in [0.1, 0.15) is 0 Å². The van der Waals surface area contributed by atoms with E-state index in [4.69, 9.17) is 18.9 Å². The summed E-state index contributed by atoms with van der Waals surface area (Å²) < 4.78 is 25.3. The molecule has 37 heavy (non-hydrogen) atoms. The lowest BCUT2D eigenvalue weighted by Gasteiger charge is -2.21. The van der Waals surface area contributed by atoms with E-state index in [1.807, 2.05) is 6.07 Å². The number of benzene rings is 3. The summed E-state index contributed by atoms with van der Waals surface area (Å²) in [7, 11) is 3.41. The van der Waals surface area contributed by atoms with Crippen molar-refractivity contribution in [2.45, 2.75) is 32.2 Å². The van der Waals surface area contributed by atoms with E-state index in [1.165, 1.54) is 44.4 Å². The number of fused-ring (bicyclic) bond motifs is 6. The predicted molar refractivity (Wildman–Crippen MR) is 143 cm³/mol. The van der Waals surface area contributed by atoms with Gasteiger partial charge in [0.15, 0.2) is 35.7 Å². The van der Waals surface area contributed by atoms with Crippen LogP contribution in [-0.4, -0.2) is 26.0 Å². The zero-order valence-corrected chi connectivity index (χ0v) is 21.1. The van der Waals surface area contributed by atoms with Crippen LogP contribution in [0.15, 0.2) is 60.8 Å². The number of nitrogens with one attached hydrogen (secondary N) is 1. The smallest absolute Gasteiger partial charge is 0.231 e. The van der Waals surface area contributed by atoms with Crippen LogP contribution < -0.4 is 23.5 Å². The van der Waals surface area contributed by atoms with E-state index in [2.05, 4.69) is 64.3 Å². The van der Waals surface area contributed by atoms with Gasteiger partial charge < -0.3 is 23.9 Å². The number of aryl methyl sites for hydroxylation is 4. The highest BCUT2D eigenvalue weighted by molar-refractivity contribution is 5.95. The molecular formula is C31H29N2O4+. The molecule has 0 spiro atoms. The number of H-pyrrole nitrogens is 1. The molecule has 4 heterocycles. The fourth-order valence-electron chi connectivity index (χ4n) is 5.99. The molecule has 186 valence electrons. The average Bonchev–Trinajstić information content (AvgIpc) is 3.56. The highest BCUT2D eigenvalue weighted by Gasteiger charge is 2.32. The Morgan fingerprint density at radius 1 is 0.919 bits per heavy atom. The number of para-hydroxylation sites is 1. The molecule has 0 bridgehead atoms. The number of ether oxygens (including phenoxy) is 4. The molecule has 1 N–H and O–H groups in total. The van der Waals surface area contributed by atoms with Gasteiger partial charge in [-0.1, -0.05) is 18.2 Å².